The van der Waals surface area contributed by atoms with Crippen LogP contribution in [-0.4, -0.2) is 19.2 Å². The van der Waals surface area contributed by atoms with Crippen LogP contribution in [0, 0.1) is 5.82 Å². The Morgan fingerprint density at radius 3 is 2.30 bits per heavy atom. The van der Waals surface area contributed by atoms with E-state index in [1.165, 1.54) is 6.07 Å². The van der Waals surface area contributed by atoms with E-state index in [-0.39, 0.29) is 11.8 Å². The van der Waals surface area contributed by atoms with E-state index in [1.807, 2.05) is 50.2 Å². The second kappa shape index (κ2) is 5.82. The fourth-order valence-electron chi connectivity index (χ4n) is 2.05. The Balaban J connectivity index is 2.12. The van der Waals surface area contributed by atoms with Crippen molar-refractivity contribution in [3.05, 3.63) is 53.8 Å². The molecule has 0 aliphatic heterocycles. The number of anilines is 2. The zero-order valence-corrected chi connectivity index (χ0v) is 11.9. The Kier molecular flexibility index (Phi) is 4.13. The summed E-state index contributed by atoms with van der Waals surface area (Å²) in [5.41, 5.74) is 2.56. The molecular formula is C16H19FN2O. The largest absolute Gasteiger partial charge is 0.508 e. The van der Waals surface area contributed by atoms with Crippen molar-refractivity contribution in [2.24, 2.45) is 0 Å². The van der Waals surface area contributed by atoms with E-state index < -0.39 is 5.82 Å². The molecule has 2 aromatic rings. The fraction of sp³-hybridized carbons (Fsp3) is 0.250. The average Bonchev–Trinajstić information content (AvgIpc) is 2.39. The molecule has 2 aromatic carbocycles. The highest BCUT2D eigenvalue weighted by Crippen LogP contribution is 2.25. The molecule has 0 aliphatic carbocycles. The Morgan fingerprint density at radius 2 is 1.75 bits per heavy atom. The van der Waals surface area contributed by atoms with Crippen LogP contribution in [-0.2, 0) is 0 Å². The molecule has 0 radical (unpaired) electrons. The zero-order valence-electron chi connectivity index (χ0n) is 11.9. The van der Waals surface area contributed by atoms with Crippen LogP contribution < -0.4 is 10.2 Å². The summed E-state index contributed by atoms with van der Waals surface area (Å²) in [7, 11) is 3.97. The quantitative estimate of drug-likeness (QED) is 0.891. The molecule has 0 bridgehead atoms. The third-order valence-corrected chi connectivity index (χ3v) is 3.22. The van der Waals surface area contributed by atoms with Crippen LogP contribution in [0.25, 0.3) is 0 Å². The molecule has 0 aliphatic rings. The third-order valence-electron chi connectivity index (χ3n) is 3.22. The second-order valence-electron chi connectivity index (χ2n) is 5.01. The van der Waals surface area contributed by atoms with Crippen molar-refractivity contribution in [3.8, 4) is 5.75 Å². The van der Waals surface area contributed by atoms with Gasteiger partial charge in [0.15, 0.2) is 0 Å². The topological polar surface area (TPSA) is 35.5 Å². The lowest BCUT2D eigenvalue weighted by atomic mass is 10.1. The number of nitrogens with one attached hydrogen (secondary N) is 1. The molecule has 0 fully saturated rings. The number of phenolic OH excluding ortho intramolecular Hbond substituents is 1. The SMILES string of the molecule is CC(Nc1ccc(N(C)C)cc1)c1ccc(O)cc1F. The van der Waals surface area contributed by atoms with Crippen LogP contribution in [0.3, 0.4) is 0 Å². The molecule has 4 heteroatoms. The van der Waals surface area contributed by atoms with Gasteiger partial charge in [0, 0.05) is 37.1 Å². The van der Waals surface area contributed by atoms with E-state index in [0.29, 0.717) is 5.56 Å². The molecule has 2 N–H and O–H groups in total. The number of phenols is 1. The van der Waals surface area contributed by atoms with Crippen LogP contribution in [0.4, 0.5) is 15.8 Å². The highest BCUT2D eigenvalue weighted by molar-refractivity contribution is 5.55. The molecule has 0 heterocycles. The van der Waals surface area contributed by atoms with Gasteiger partial charge in [-0.1, -0.05) is 6.07 Å². The van der Waals surface area contributed by atoms with E-state index in [0.717, 1.165) is 17.4 Å². The summed E-state index contributed by atoms with van der Waals surface area (Å²) in [6, 6.07) is 12.0. The predicted octanol–water partition coefficient (Wildman–Crippen LogP) is 3.77. The van der Waals surface area contributed by atoms with E-state index in [2.05, 4.69) is 5.32 Å². The molecule has 3 nitrogen and oxygen atoms in total. The average molecular weight is 274 g/mol. The highest BCUT2D eigenvalue weighted by Gasteiger charge is 2.11. The van der Waals surface area contributed by atoms with Gasteiger partial charge in [-0.3, -0.25) is 0 Å². The van der Waals surface area contributed by atoms with Crippen molar-refractivity contribution < 1.29 is 9.50 Å². The summed E-state index contributed by atoms with van der Waals surface area (Å²) in [5.74, 6) is -0.469. The normalized spacial score (nSPS) is 12.0. The fourth-order valence-corrected chi connectivity index (χ4v) is 2.05. The molecule has 2 rings (SSSR count). The minimum absolute atomic E-state index is 0.0613. The maximum absolute atomic E-state index is 13.8. The van der Waals surface area contributed by atoms with E-state index >= 15 is 0 Å². The lowest BCUT2D eigenvalue weighted by molar-refractivity contribution is 0.467. The molecule has 0 spiro atoms. The maximum Gasteiger partial charge on any atom is 0.132 e. The number of aromatic hydroxyl groups is 1. The maximum atomic E-state index is 13.8. The van der Waals surface area contributed by atoms with E-state index in [9.17, 15) is 9.50 Å². The molecule has 20 heavy (non-hydrogen) atoms. The van der Waals surface area contributed by atoms with Gasteiger partial charge in [0.05, 0.1) is 6.04 Å². The molecule has 0 amide bonds. The molecule has 1 unspecified atom stereocenters. The van der Waals surface area contributed by atoms with Crippen LogP contribution in [0.1, 0.15) is 18.5 Å². The van der Waals surface area contributed by atoms with E-state index in [1.54, 1.807) is 6.07 Å². The summed E-state index contributed by atoms with van der Waals surface area (Å²) >= 11 is 0. The van der Waals surface area contributed by atoms with Gasteiger partial charge in [-0.2, -0.15) is 0 Å². The van der Waals surface area contributed by atoms with Crippen LogP contribution in [0.2, 0.25) is 0 Å². The molecule has 0 saturated heterocycles. The molecule has 106 valence electrons. The van der Waals surface area contributed by atoms with Gasteiger partial charge in [0.1, 0.15) is 11.6 Å². The van der Waals surface area contributed by atoms with Crippen molar-refractivity contribution in [1.82, 2.24) is 0 Å². The lowest BCUT2D eigenvalue weighted by Crippen LogP contribution is -2.10. The van der Waals surface area contributed by atoms with Gasteiger partial charge in [0.25, 0.3) is 0 Å². The second-order valence-corrected chi connectivity index (χ2v) is 5.01. The van der Waals surface area contributed by atoms with Gasteiger partial charge >= 0.3 is 0 Å². The first-order valence-electron chi connectivity index (χ1n) is 6.49. The lowest BCUT2D eigenvalue weighted by Gasteiger charge is -2.18. The van der Waals surface area contributed by atoms with Crippen molar-refractivity contribution in [2.75, 3.05) is 24.3 Å². The van der Waals surface area contributed by atoms with Gasteiger partial charge in [-0.05, 0) is 37.3 Å². The van der Waals surface area contributed by atoms with Gasteiger partial charge in [-0.25, -0.2) is 4.39 Å². The van der Waals surface area contributed by atoms with Crippen molar-refractivity contribution in [3.63, 3.8) is 0 Å². The molecule has 1 atom stereocenters. The number of benzene rings is 2. The highest BCUT2D eigenvalue weighted by atomic mass is 19.1. The number of rotatable bonds is 4. The third kappa shape index (κ3) is 3.20. The monoisotopic (exact) mass is 274 g/mol. The zero-order chi connectivity index (χ0) is 14.7. The van der Waals surface area contributed by atoms with Crippen LogP contribution >= 0.6 is 0 Å². The van der Waals surface area contributed by atoms with E-state index in [4.69, 9.17) is 0 Å². The number of hydrogen-bond acceptors (Lipinski definition) is 3. The first-order chi connectivity index (χ1) is 9.47. The van der Waals surface area contributed by atoms with Crippen molar-refractivity contribution in [2.45, 2.75) is 13.0 Å². The van der Waals surface area contributed by atoms with Gasteiger partial charge in [-0.15, -0.1) is 0 Å². The first kappa shape index (κ1) is 14.2. The molecular weight excluding hydrogens is 255 g/mol. The Labute approximate surface area is 118 Å². The minimum Gasteiger partial charge on any atom is -0.508 e. The Morgan fingerprint density at radius 1 is 1.10 bits per heavy atom. The molecule has 0 saturated carbocycles. The Hall–Kier alpha value is -2.23. The van der Waals surface area contributed by atoms with Crippen LogP contribution in [0.15, 0.2) is 42.5 Å². The number of halogens is 1. The smallest absolute Gasteiger partial charge is 0.132 e. The van der Waals surface area contributed by atoms with Gasteiger partial charge < -0.3 is 15.3 Å². The Bertz CT molecular complexity index is 582. The predicted molar refractivity (Wildman–Crippen MR) is 80.9 cm³/mol. The number of hydrogen-bond donors (Lipinski definition) is 2. The number of nitrogens with zero attached hydrogens (tertiary/aromatic N) is 1. The summed E-state index contributed by atoms with van der Waals surface area (Å²) < 4.78 is 13.8. The first-order valence-corrected chi connectivity index (χ1v) is 6.49. The van der Waals surface area contributed by atoms with Gasteiger partial charge in [0.2, 0.25) is 0 Å². The summed E-state index contributed by atoms with van der Waals surface area (Å²) in [6.07, 6.45) is 0. The summed E-state index contributed by atoms with van der Waals surface area (Å²) in [6.45, 7) is 1.88. The van der Waals surface area contributed by atoms with Crippen molar-refractivity contribution >= 4 is 11.4 Å². The van der Waals surface area contributed by atoms with Crippen molar-refractivity contribution in [1.29, 1.82) is 0 Å². The standard InChI is InChI=1S/C16H19FN2O/c1-11(15-9-8-14(20)10-16(15)17)18-12-4-6-13(7-5-12)19(2)3/h4-11,18,20H,1-3H3. The summed E-state index contributed by atoms with van der Waals surface area (Å²) in [4.78, 5) is 2.02. The van der Waals surface area contributed by atoms with Crippen LogP contribution in [0.5, 0.6) is 5.75 Å². The summed E-state index contributed by atoms with van der Waals surface area (Å²) in [5, 5.41) is 12.5. The molecule has 0 aromatic heterocycles. The minimum atomic E-state index is -0.407.